The van der Waals surface area contributed by atoms with Crippen molar-refractivity contribution in [1.82, 2.24) is 9.88 Å². The van der Waals surface area contributed by atoms with Crippen molar-refractivity contribution in [2.75, 3.05) is 37.4 Å². The van der Waals surface area contributed by atoms with Crippen LogP contribution in [0.15, 0.2) is 29.6 Å². The van der Waals surface area contributed by atoms with Crippen molar-refractivity contribution < 1.29 is 4.79 Å². The molecule has 2 aromatic rings. The van der Waals surface area contributed by atoms with Crippen molar-refractivity contribution in [3.05, 3.63) is 29.6 Å². The highest BCUT2D eigenvalue weighted by Gasteiger charge is 2.09. The smallest absolute Gasteiger partial charge is 0.321 e. The van der Waals surface area contributed by atoms with Gasteiger partial charge >= 0.3 is 6.03 Å². The Kier molecular flexibility index (Phi) is 5.38. The van der Waals surface area contributed by atoms with Gasteiger partial charge in [0.05, 0.1) is 5.69 Å². The molecule has 0 aliphatic carbocycles. The number of carbonyl (C=O) groups excluding carboxylic acids is 1. The molecule has 0 aliphatic heterocycles. The molecule has 1 N–H and O–H groups in total. The summed E-state index contributed by atoms with van der Waals surface area (Å²) >= 11 is 1.66. The van der Waals surface area contributed by atoms with Crippen LogP contribution in [0.5, 0.6) is 0 Å². The van der Waals surface area contributed by atoms with Gasteiger partial charge in [-0.05, 0) is 26.0 Å². The first-order valence-electron chi connectivity index (χ1n) is 7.34. The largest absolute Gasteiger partial charge is 0.349 e. The first-order chi connectivity index (χ1) is 10.5. The van der Waals surface area contributed by atoms with Gasteiger partial charge in [0.25, 0.3) is 0 Å². The minimum Gasteiger partial charge on any atom is -0.349 e. The average molecular weight is 318 g/mol. The second-order valence-electron chi connectivity index (χ2n) is 5.09. The van der Waals surface area contributed by atoms with Gasteiger partial charge < -0.3 is 15.1 Å². The molecule has 0 atom stereocenters. The van der Waals surface area contributed by atoms with Crippen molar-refractivity contribution in [3.63, 3.8) is 0 Å². The van der Waals surface area contributed by atoms with Crippen LogP contribution in [0.2, 0.25) is 0 Å². The number of hydrogen-bond acceptors (Lipinski definition) is 4. The van der Waals surface area contributed by atoms with Crippen LogP contribution in [0, 0.1) is 0 Å². The Hall–Kier alpha value is -2.08. The van der Waals surface area contributed by atoms with Gasteiger partial charge in [-0.1, -0.05) is 12.1 Å². The van der Waals surface area contributed by atoms with E-state index < -0.39 is 0 Å². The maximum absolute atomic E-state index is 11.6. The summed E-state index contributed by atoms with van der Waals surface area (Å²) in [6.07, 6.45) is 0. The van der Waals surface area contributed by atoms with Crippen molar-refractivity contribution in [2.24, 2.45) is 0 Å². The molecule has 0 fully saturated rings. The maximum Gasteiger partial charge on any atom is 0.321 e. The molecule has 0 spiro atoms. The summed E-state index contributed by atoms with van der Waals surface area (Å²) < 4.78 is 0. The lowest BCUT2D eigenvalue weighted by molar-refractivity contribution is 0.230. The van der Waals surface area contributed by atoms with E-state index in [-0.39, 0.29) is 6.03 Å². The zero-order valence-electron chi connectivity index (χ0n) is 13.5. The SMILES string of the molecule is CCN(CC)c1nc(-c2ccc(NC(=O)N(C)C)cc2)cs1. The lowest BCUT2D eigenvalue weighted by Gasteiger charge is -2.16. The number of urea groups is 1. The van der Waals surface area contributed by atoms with Gasteiger partial charge in [-0.25, -0.2) is 9.78 Å². The zero-order valence-corrected chi connectivity index (χ0v) is 14.3. The molecule has 1 heterocycles. The molecule has 22 heavy (non-hydrogen) atoms. The maximum atomic E-state index is 11.6. The standard InChI is InChI=1S/C16H22N4OS/c1-5-20(6-2)16-18-14(11-22-16)12-7-9-13(10-8-12)17-15(21)19(3)4/h7-11H,5-6H2,1-4H3,(H,17,21). The van der Waals surface area contributed by atoms with Crippen LogP contribution in [0.1, 0.15) is 13.8 Å². The predicted molar refractivity (Wildman–Crippen MR) is 93.8 cm³/mol. The van der Waals surface area contributed by atoms with Crippen LogP contribution in [0.4, 0.5) is 15.6 Å². The number of nitrogens with one attached hydrogen (secondary N) is 1. The number of amides is 2. The second-order valence-corrected chi connectivity index (χ2v) is 5.93. The summed E-state index contributed by atoms with van der Waals surface area (Å²) in [5, 5.41) is 5.94. The van der Waals surface area contributed by atoms with Gasteiger partial charge in [-0.3, -0.25) is 0 Å². The highest BCUT2D eigenvalue weighted by atomic mass is 32.1. The van der Waals surface area contributed by atoms with Crippen molar-refractivity contribution in [3.8, 4) is 11.3 Å². The molecule has 0 bridgehead atoms. The number of nitrogens with zero attached hydrogens (tertiary/aromatic N) is 3. The quantitative estimate of drug-likeness (QED) is 0.913. The fraction of sp³-hybridized carbons (Fsp3) is 0.375. The van der Waals surface area contributed by atoms with Gasteiger partial charge in [-0.2, -0.15) is 0 Å². The van der Waals surface area contributed by atoms with E-state index in [1.54, 1.807) is 25.4 Å². The highest BCUT2D eigenvalue weighted by Crippen LogP contribution is 2.28. The molecule has 5 nitrogen and oxygen atoms in total. The van der Waals surface area contributed by atoms with Crippen molar-refractivity contribution >= 4 is 28.2 Å². The summed E-state index contributed by atoms with van der Waals surface area (Å²) in [5.41, 5.74) is 2.80. The lowest BCUT2D eigenvalue weighted by atomic mass is 10.1. The second kappa shape index (κ2) is 7.26. The molecular weight excluding hydrogens is 296 g/mol. The Labute approximate surface area is 135 Å². The van der Waals surface area contributed by atoms with E-state index in [9.17, 15) is 4.79 Å². The van der Waals surface area contributed by atoms with Crippen LogP contribution in [0.25, 0.3) is 11.3 Å². The molecular formula is C16H22N4OS. The monoisotopic (exact) mass is 318 g/mol. The number of carbonyl (C=O) groups is 1. The van der Waals surface area contributed by atoms with E-state index in [2.05, 4.69) is 29.4 Å². The number of hydrogen-bond donors (Lipinski definition) is 1. The molecule has 118 valence electrons. The number of aromatic nitrogens is 1. The Morgan fingerprint density at radius 3 is 2.36 bits per heavy atom. The molecule has 2 amide bonds. The average Bonchev–Trinajstić information content (AvgIpc) is 2.99. The normalized spacial score (nSPS) is 10.4. The molecule has 2 rings (SSSR count). The summed E-state index contributed by atoms with van der Waals surface area (Å²) in [6, 6.07) is 7.61. The Morgan fingerprint density at radius 2 is 1.82 bits per heavy atom. The van der Waals surface area contributed by atoms with Gasteiger partial charge in [0.15, 0.2) is 5.13 Å². The van der Waals surface area contributed by atoms with Crippen molar-refractivity contribution in [2.45, 2.75) is 13.8 Å². The third kappa shape index (κ3) is 3.76. The minimum atomic E-state index is -0.134. The van der Waals surface area contributed by atoms with Crippen LogP contribution >= 0.6 is 11.3 Å². The molecule has 1 aromatic heterocycles. The Balaban J connectivity index is 2.12. The van der Waals surface area contributed by atoms with Crippen LogP contribution in [-0.2, 0) is 0 Å². The minimum absolute atomic E-state index is 0.134. The molecule has 0 saturated heterocycles. The van der Waals surface area contributed by atoms with Gasteiger partial charge in [0.2, 0.25) is 0 Å². The fourth-order valence-corrected chi connectivity index (χ4v) is 2.96. The lowest BCUT2D eigenvalue weighted by Crippen LogP contribution is -2.27. The van der Waals surface area contributed by atoms with Crippen LogP contribution in [0.3, 0.4) is 0 Å². The molecule has 1 aromatic carbocycles. The van der Waals surface area contributed by atoms with E-state index in [1.165, 1.54) is 4.90 Å². The molecule has 0 radical (unpaired) electrons. The number of thiazole rings is 1. The third-order valence-electron chi connectivity index (χ3n) is 3.36. The molecule has 0 saturated carbocycles. The number of rotatable bonds is 5. The zero-order chi connectivity index (χ0) is 16.1. The van der Waals surface area contributed by atoms with E-state index >= 15 is 0 Å². The topological polar surface area (TPSA) is 48.5 Å². The van der Waals surface area contributed by atoms with Gasteiger partial charge in [0, 0.05) is 43.8 Å². The third-order valence-corrected chi connectivity index (χ3v) is 4.27. The Morgan fingerprint density at radius 1 is 1.18 bits per heavy atom. The summed E-state index contributed by atoms with van der Waals surface area (Å²) in [5.74, 6) is 0. The fourth-order valence-electron chi connectivity index (χ4n) is 2.00. The summed E-state index contributed by atoms with van der Waals surface area (Å²) in [4.78, 5) is 20.0. The number of anilines is 2. The first-order valence-corrected chi connectivity index (χ1v) is 8.22. The van der Waals surface area contributed by atoms with Gasteiger partial charge in [0.1, 0.15) is 0 Å². The highest BCUT2D eigenvalue weighted by molar-refractivity contribution is 7.14. The van der Waals surface area contributed by atoms with E-state index in [0.29, 0.717) is 0 Å². The van der Waals surface area contributed by atoms with Gasteiger partial charge in [-0.15, -0.1) is 11.3 Å². The van der Waals surface area contributed by atoms with Crippen LogP contribution in [-0.4, -0.2) is 43.1 Å². The van der Waals surface area contributed by atoms with E-state index in [0.717, 1.165) is 35.2 Å². The molecule has 6 heteroatoms. The predicted octanol–water partition coefficient (Wildman–Crippen LogP) is 3.75. The van der Waals surface area contributed by atoms with Crippen molar-refractivity contribution in [1.29, 1.82) is 0 Å². The number of benzene rings is 1. The molecule has 0 aliphatic rings. The summed E-state index contributed by atoms with van der Waals surface area (Å²) in [7, 11) is 3.43. The van der Waals surface area contributed by atoms with Crippen LogP contribution < -0.4 is 10.2 Å². The Bertz CT molecular complexity index is 617. The van der Waals surface area contributed by atoms with E-state index in [1.807, 2.05) is 24.3 Å². The first kappa shape index (κ1) is 16.3. The summed E-state index contributed by atoms with van der Waals surface area (Å²) in [6.45, 7) is 6.18. The molecule has 0 unspecified atom stereocenters. The van der Waals surface area contributed by atoms with E-state index in [4.69, 9.17) is 4.98 Å².